The number of benzene rings is 1. The Morgan fingerprint density at radius 1 is 1.14 bits per heavy atom. The number of hydrogen-bond acceptors (Lipinski definition) is 2. The van der Waals surface area contributed by atoms with Gasteiger partial charge >= 0.3 is 0 Å². The molecular formula is C19H25NO2. The van der Waals surface area contributed by atoms with E-state index in [9.17, 15) is 4.79 Å². The van der Waals surface area contributed by atoms with Gasteiger partial charge in [-0.3, -0.25) is 4.79 Å². The van der Waals surface area contributed by atoms with E-state index in [4.69, 9.17) is 4.74 Å². The number of hydrogen-bond donors (Lipinski definition) is 1. The van der Waals surface area contributed by atoms with E-state index in [0.717, 1.165) is 48.3 Å². The van der Waals surface area contributed by atoms with Gasteiger partial charge in [-0.25, -0.2) is 0 Å². The van der Waals surface area contributed by atoms with Crippen molar-refractivity contribution in [2.75, 3.05) is 7.11 Å². The summed E-state index contributed by atoms with van der Waals surface area (Å²) in [5.41, 5.74) is 1.000. The van der Waals surface area contributed by atoms with Crippen LogP contribution in [0.2, 0.25) is 0 Å². The van der Waals surface area contributed by atoms with Crippen molar-refractivity contribution in [3.63, 3.8) is 0 Å². The molecule has 0 saturated heterocycles. The first-order chi connectivity index (χ1) is 10.7. The van der Waals surface area contributed by atoms with Crippen LogP contribution < -0.4 is 10.1 Å². The molecular weight excluding hydrogens is 274 g/mol. The van der Waals surface area contributed by atoms with E-state index in [1.807, 2.05) is 24.3 Å². The number of nitrogens with one attached hydrogen (secondary N) is 1. The minimum absolute atomic E-state index is 0.0588. The van der Waals surface area contributed by atoms with Crippen LogP contribution >= 0.6 is 0 Å². The Hall–Kier alpha value is -1.51. The van der Waals surface area contributed by atoms with Gasteiger partial charge in [-0.2, -0.15) is 0 Å². The maximum absolute atomic E-state index is 12.9. The maximum atomic E-state index is 12.9. The average molecular weight is 299 g/mol. The van der Waals surface area contributed by atoms with Crippen LogP contribution in [0.25, 0.3) is 0 Å². The number of ether oxygens (including phenoxy) is 1. The Labute approximate surface area is 132 Å². The summed E-state index contributed by atoms with van der Waals surface area (Å²) in [6.07, 6.45) is 7.49. The monoisotopic (exact) mass is 299 g/mol. The van der Waals surface area contributed by atoms with E-state index in [-0.39, 0.29) is 11.3 Å². The number of para-hydroxylation sites is 1. The van der Waals surface area contributed by atoms with Crippen molar-refractivity contribution in [1.82, 2.24) is 5.32 Å². The fourth-order valence-corrected chi connectivity index (χ4v) is 5.60. The van der Waals surface area contributed by atoms with Gasteiger partial charge in [0.15, 0.2) is 0 Å². The molecule has 4 aliphatic carbocycles. The predicted molar refractivity (Wildman–Crippen MR) is 85.4 cm³/mol. The highest BCUT2D eigenvalue weighted by Crippen LogP contribution is 2.60. The molecule has 0 aromatic heterocycles. The largest absolute Gasteiger partial charge is 0.496 e. The van der Waals surface area contributed by atoms with Gasteiger partial charge in [-0.05, 0) is 62.3 Å². The van der Waals surface area contributed by atoms with Crippen LogP contribution in [-0.2, 0) is 11.3 Å². The molecule has 5 rings (SSSR count). The summed E-state index contributed by atoms with van der Waals surface area (Å²) >= 11 is 0. The molecule has 0 unspecified atom stereocenters. The van der Waals surface area contributed by atoms with Crippen LogP contribution in [0.1, 0.15) is 44.1 Å². The number of carbonyl (C=O) groups is 1. The van der Waals surface area contributed by atoms with Gasteiger partial charge in [-0.15, -0.1) is 0 Å². The van der Waals surface area contributed by atoms with Crippen molar-refractivity contribution in [2.24, 2.45) is 23.2 Å². The molecule has 4 fully saturated rings. The fourth-order valence-electron chi connectivity index (χ4n) is 5.60. The molecule has 1 aromatic rings. The Morgan fingerprint density at radius 3 is 2.32 bits per heavy atom. The van der Waals surface area contributed by atoms with Crippen molar-refractivity contribution >= 4 is 5.91 Å². The van der Waals surface area contributed by atoms with Gasteiger partial charge in [-0.1, -0.05) is 18.2 Å². The quantitative estimate of drug-likeness (QED) is 0.923. The fraction of sp³-hybridized carbons (Fsp3) is 0.632. The third-order valence-corrected chi connectivity index (χ3v) is 6.15. The van der Waals surface area contributed by atoms with Crippen molar-refractivity contribution in [1.29, 1.82) is 0 Å². The van der Waals surface area contributed by atoms with Gasteiger partial charge in [0, 0.05) is 17.5 Å². The molecule has 4 aliphatic rings. The Balaban J connectivity index is 1.46. The van der Waals surface area contributed by atoms with Crippen LogP contribution in [0.5, 0.6) is 5.75 Å². The number of amides is 1. The van der Waals surface area contributed by atoms with Crippen LogP contribution in [0, 0.1) is 23.2 Å². The van der Waals surface area contributed by atoms with E-state index >= 15 is 0 Å². The smallest absolute Gasteiger partial charge is 0.226 e. The van der Waals surface area contributed by atoms with E-state index in [1.165, 1.54) is 19.3 Å². The zero-order valence-corrected chi connectivity index (χ0v) is 13.3. The summed E-state index contributed by atoms with van der Waals surface area (Å²) < 4.78 is 5.38. The van der Waals surface area contributed by atoms with Crippen molar-refractivity contribution in [3.8, 4) is 5.75 Å². The zero-order chi connectivity index (χ0) is 15.2. The molecule has 1 aromatic carbocycles. The highest BCUT2D eigenvalue weighted by atomic mass is 16.5. The van der Waals surface area contributed by atoms with Gasteiger partial charge in [0.05, 0.1) is 7.11 Å². The molecule has 4 bridgehead atoms. The second-order valence-corrected chi connectivity index (χ2v) is 7.69. The molecule has 0 radical (unpaired) electrons. The molecule has 22 heavy (non-hydrogen) atoms. The number of rotatable bonds is 4. The summed E-state index contributed by atoms with van der Waals surface area (Å²) in [6, 6.07) is 7.93. The topological polar surface area (TPSA) is 38.3 Å². The standard InChI is InChI=1S/C19H25NO2/c1-22-17-5-3-2-4-16(17)12-20-18(21)19-9-13-6-14(10-19)8-15(7-13)11-19/h2-5,13-15H,6-12H2,1H3,(H,20,21). The Kier molecular flexibility index (Phi) is 3.39. The Bertz CT molecular complexity index is 545. The lowest BCUT2D eigenvalue weighted by molar-refractivity contribution is -0.146. The minimum atomic E-state index is -0.0588. The first kappa shape index (κ1) is 14.1. The lowest BCUT2D eigenvalue weighted by atomic mass is 9.49. The van der Waals surface area contributed by atoms with Crippen molar-refractivity contribution in [2.45, 2.75) is 45.1 Å². The van der Waals surface area contributed by atoms with Gasteiger partial charge in [0.25, 0.3) is 0 Å². The van der Waals surface area contributed by atoms with Crippen molar-refractivity contribution in [3.05, 3.63) is 29.8 Å². The van der Waals surface area contributed by atoms with Gasteiger partial charge in [0.2, 0.25) is 5.91 Å². The first-order valence-corrected chi connectivity index (χ1v) is 8.59. The zero-order valence-electron chi connectivity index (χ0n) is 13.3. The van der Waals surface area contributed by atoms with E-state index in [1.54, 1.807) is 7.11 Å². The third-order valence-electron chi connectivity index (χ3n) is 6.15. The molecule has 3 heteroatoms. The summed E-state index contributed by atoms with van der Waals surface area (Å²) in [6.45, 7) is 0.574. The lowest BCUT2D eigenvalue weighted by Crippen LogP contribution is -2.53. The molecule has 1 N–H and O–H groups in total. The molecule has 0 spiro atoms. The van der Waals surface area contributed by atoms with E-state index in [0.29, 0.717) is 6.54 Å². The number of methoxy groups -OCH3 is 1. The summed E-state index contributed by atoms with van der Waals surface area (Å²) in [5, 5.41) is 3.21. The maximum Gasteiger partial charge on any atom is 0.226 e. The van der Waals surface area contributed by atoms with Crippen molar-refractivity contribution < 1.29 is 9.53 Å². The average Bonchev–Trinajstić information content (AvgIpc) is 2.51. The summed E-state index contributed by atoms with van der Waals surface area (Å²) in [7, 11) is 1.68. The van der Waals surface area contributed by atoms with E-state index < -0.39 is 0 Å². The minimum Gasteiger partial charge on any atom is -0.496 e. The first-order valence-electron chi connectivity index (χ1n) is 8.59. The normalized spacial score (nSPS) is 35.4. The molecule has 1 amide bonds. The van der Waals surface area contributed by atoms with Gasteiger partial charge < -0.3 is 10.1 Å². The second-order valence-electron chi connectivity index (χ2n) is 7.69. The highest BCUT2D eigenvalue weighted by Gasteiger charge is 2.54. The molecule has 0 atom stereocenters. The SMILES string of the molecule is COc1ccccc1CNC(=O)C12CC3CC(CC(C3)C1)C2. The molecule has 3 nitrogen and oxygen atoms in total. The predicted octanol–water partition coefficient (Wildman–Crippen LogP) is 3.53. The summed E-state index contributed by atoms with van der Waals surface area (Å²) in [4.78, 5) is 12.9. The van der Waals surface area contributed by atoms with E-state index in [2.05, 4.69) is 5.32 Å². The van der Waals surface area contributed by atoms with Crippen LogP contribution in [0.15, 0.2) is 24.3 Å². The van der Waals surface area contributed by atoms with Crippen LogP contribution in [0.3, 0.4) is 0 Å². The van der Waals surface area contributed by atoms with Crippen LogP contribution in [-0.4, -0.2) is 13.0 Å². The van der Waals surface area contributed by atoms with Crippen LogP contribution in [0.4, 0.5) is 0 Å². The second kappa shape index (κ2) is 5.29. The highest BCUT2D eigenvalue weighted by molar-refractivity contribution is 5.83. The molecule has 118 valence electrons. The number of carbonyl (C=O) groups excluding carboxylic acids is 1. The Morgan fingerprint density at radius 2 is 1.73 bits per heavy atom. The molecule has 0 aliphatic heterocycles. The molecule has 4 saturated carbocycles. The summed E-state index contributed by atoms with van der Waals surface area (Å²) in [5.74, 6) is 3.57. The van der Waals surface area contributed by atoms with Gasteiger partial charge in [0.1, 0.15) is 5.75 Å². The molecule has 0 heterocycles. The third kappa shape index (κ3) is 2.31. The lowest BCUT2D eigenvalue weighted by Gasteiger charge is -2.55.